The summed E-state index contributed by atoms with van der Waals surface area (Å²) >= 11 is 0. The van der Waals surface area contributed by atoms with Crippen LogP contribution in [-0.4, -0.2) is 17.4 Å². The number of rotatable bonds is 5. The summed E-state index contributed by atoms with van der Waals surface area (Å²) in [5, 5.41) is 0. The van der Waals surface area contributed by atoms with Gasteiger partial charge in [0, 0.05) is 6.54 Å². The van der Waals surface area contributed by atoms with Gasteiger partial charge in [-0.15, -0.1) is 0 Å². The average Bonchev–Trinajstić information content (AvgIpc) is 2.94. The first-order valence-electron chi connectivity index (χ1n) is 8.98. The fourth-order valence-corrected chi connectivity index (χ4v) is 3.92. The third-order valence-corrected chi connectivity index (χ3v) is 5.76. The molecule has 0 saturated carbocycles. The lowest BCUT2D eigenvalue weighted by atomic mass is 9.77. The molecule has 2 nitrogen and oxygen atoms in total. The van der Waals surface area contributed by atoms with Gasteiger partial charge >= 0.3 is 0 Å². The van der Waals surface area contributed by atoms with E-state index in [0.717, 1.165) is 25.8 Å². The number of amides is 1. The molecule has 0 unspecified atom stereocenters. The number of carbonyl (C=O) groups is 1. The number of hydrogen-bond donors (Lipinski definition) is 0. The van der Waals surface area contributed by atoms with Crippen molar-refractivity contribution in [2.45, 2.75) is 46.1 Å². The third-order valence-electron chi connectivity index (χ3n) is 5.76. The topological polar surface area (TPSA) is 20.3 Å². The maximum Gasteiger partial charge on any atom is 0.229 e. The first-order valence-corrected chi connectivity index (χ1v) is 8.98. The molecule has 1 aliphatic heterocycles. The van der Waals surface area contributed by atoms with Crippen molar-refractivity contribution in [2.24, 2.45) is 5.41 Å². The van der Waals surface area contributed by atoms with Crippen LogP contribution in [0.1, 0.15) is 49.4 Å². The summed E-state index contributed by atoms with van der Waals surface area (Å²) < 4.78 is 0. The molecular weight excluding hydrogens is 294 g/mol. The minimum atomic E-state index is -0.241. The van der Waals surface area contributed by atoms with Crippen LogP contribution in [0.5, 0.6) is 0 Å². The van der Waals surface area contributed by atoms with Crippen LogP contribution in [0.2, 0.25) is 0 Å². The summed E-state index contributed by atoms with van der Waals surface area (Å²) in [5.74, 6) is 0.324. The number of benzene rings is 2. The number of aryl methyl sites for hydroxylation is 1. The summed E-state index contributed by atoms with van der Waals surface area (Å²) in [5.41, 5.74) is 3.57. The zero-order valence-corrected chi connectivity index (χ0v) is 15.0. The van der Waals surface area contributed by atoms with Crippen LogP contribution >= 0.6 is 0 Å². The summed E-state index contributed by atoms with van der Waals surface area (Å²) in [7, 11) is 0. The van der Waals surface area contributed by atoms with Gasteiger partial charge in [0.1, 0.15) is 0 Å². The highest BCUT2D eigenvalue weighted by molar-refractivity contribution is 5.85. The van der Waals surface area contributed by atoms with Gasteiger partial charge in [0.2, 0.25) is 5.91 Å². The van der Waals surface area contributed by atoms with Gasteiger partial charge in [-0.1, -0.05) is 61.5 Å². The molecule has 1 aliphatic rings. The van der Waals surface area contributed by atoms with Crippen molar-refractivity contribution >= 4 is 5.91 Å². The van der Waals surface area contributed by atoms with E-state index >= 15 is 0 Å². The molecule has 3 rings (SSSR count). The van der Waals surface area contributed by atoms with Crippen molar-refractivity contribution in [3.05, 3.63) is 71.3 Å². The van der Waals surface area contributed by atoms with Gasteiger partial charge in [0.05, 0.1) is 11.5 Å². The minimum Gasteiger partial charge on any atom is -0.335 e. The van der Waals surface area contributed by atoms with Crippen molar-refractivity contribution in [1.82, 2.24) is 4.90 Å². The van der Waals surface area contributed by atoms with E-state index in [2.05, 4.69) is 62.1 Å². The molecule has 1 heterocycles. The van der Waals surface area contributed by atoms with Gasteiger partial charge in [-0.25, -0.2) is 0 Å². The summed E-state index contributed by atoms with van der Waals surface area (Å²) in [4.78, 5) is 15.4. The van der Waals surface area contributed by atoms with Gasteiger partial charge in [0.25, 0.3) is 0 Å². The highest BCUT2D eigenvalue weighted by atomic mass is 16.2. The molecule has 126 valence electrons. The Morgan fingerprint density at radius 3 is 2.42 bits per heavy atom. The Balaban J connectivity index is 1.84. The molecule has 1 amide bonds. The molecule has 2 heteroatoms. The van der Waals surface area contributed by atoms with Gasteiger partial charge in [-0.2, -0.15) is 0 Å². The lowest BCUT2D eigenvalue weighted by Crippen LogP contribution is -2.37. The van der Waals surface area contributed by atoms with Gasteiger partial charge in [-0.3, -0.25) is 4.79 Å². The Morgan fingerprint density at radius 2 is 1.75 bits per heavy atom. The first-order chi connectivity index (χ1) is 11.6. The summed E-state index contributed by atoms with van der Waals surface area (Å²) in [6.07, 6.45) is 2.71. The second kappa shape index (κ2) is 6.80. The van der Waals surface area contributed by atoms with Crippen LogP contribution in [0, 0.1) is 12.3 Å². The number of likely N-dealkylation sites (tertiary alicyclic amines) is 1. The van der Waals surface area contributed by atoms with E-state index in [1.54, 1.807) is 0 Å². The lowest BCUT2D eigenvalue weighted by Gasteiger charge is -2.30. The van der Waals surface area contributed by atoms with Crippen LogP contribution in [0.25, 0.3) is 0 Å². The molecule has 1 saturated heterocycles. The van der Waals surface area contributed by atoms with Crippen molar-refractivity contribution in [1.29, 1.82) is 0 Å². The van der Waals surface area contributed by atoms with E-state index in [1.807, 2.05) is 18.2 Å². The fourth-order valence-electron chi connectivity index (χ4n) is 3.92. The maximum absolute atomic E-state index is 13.3. The van der Waals surface area contributed by atoms with Crippen LogP contribution in [0.4, 0.5) is 0 Å². The van der Waals surface area contributed by atoms with E-state index < -0.39 is 0 Å². The predicted molar refractivity (Wildman–Crippen MR) is 98.8 cm³/mol. The summed E-state index contributed by atoms with van der Waals surface area (Å²) in [6.45, 7) is 7.30. The molecule has 0 aromatic heterocycles. The molecule has 2 aromatic rings. The monoisotopic (exact) mass is 321 g/mol. The van der Waals surface area contributed by atoms with Crippen LogP contribution < -0.4 is 0 Å². The zero-order valence-electron chi connectivity index (χ0n) is 15.0. The largest absolute Gasteiger partial charge is 0.335 e. The second-order valence-electron chi connectivity index (χ2n) is 7.07. The number of carbonyl (C=O) groups excluding carboxylic acids is 1. The molecule has 0 radical (unpaired) electrons. The number of nitrogens with zero attached hydrogens (tertiary/aromatic N) is 1. The molecule has 0 aliphatic carbocycles. The predicted octanol–water partition coefficient (Wildman–Crippen LogP) is 4.93. The first kappa shape index (κ1) is 16.8. The van der Waals surface area contributed by atoms with Crippen LogP contribution in [0.3, 0.4) is 0 Å². The van der Waals surface area contributed by atoms with Crippen molar-refractivity contribution in [3.8, 4) is 0 Å². The van der Waals surface area contributed by atoms with E-state index in [4.69, 9.17) is 0 Å². The SMILES string of the molecule is CC[C@@]1(Cc2ccccc2C)CCN([C@@H](C)c2ccccc2)C1=O. The fraction of sp³-hybridized carbons (Fsp3) is 0.409. The molecular formula is C22H27NO. The van der Waals surface area contributed by atoms with Crippen LogP contribution in [0.15, 0.2) is 54.6 Å². The minimum absolute atomic E-state index is 0.143. The zero-order chi connectivity index (χ0) is 17.2. The molecule has 0 N–H and O–H groups in total. The second-order valence-corrected chi connectivity index (χ2v) is 7.07. The molecule has 2 aromatic carbocycles. The molecule has 2 atom stereocenters. The molecule has 1 fully saturated rings. The average molecular weight is 321 g/mol. The van der Waals surface area contributed by atoms with Gasteiger partial charge in [-0.05, 0) is 49.8 Å². The number of hydrogen-bond acceptors (Lipinski definition) is 1. The van der Waals surface area contributed by atoms with E-state index in [0.29, 0.717) is 5.91 Å². The highest BCUT2D eigenvalue weighted by Crippen LogP contribution is 2.42. The lowest BCUT2D eigenvalue weighted by molar-refractivity contribution is -0.138. The molecule has 0 spiro atoms. The standard InChI is InChI=1S/C22H27NO/c1-4-22(16-20-13-9-8-10-17(20)2)14-15-23(21(22)24)18(3)19-11-6-5-7-12-19/h5-13,18H,4,14-16H2,1-3H3/t18-,22-/m0/s1. The Kier molecular flexibility index (Phi) is 4.75. The quantitative estimate of drug-likeness (QED) is 0.765. The Hall–Kier alpha value is -2.09. The molecule has 0 bridgehead atoms. The van der Waals surface area contributed by atoms with E-state index in [1.165, 1.54) is 16.7 Å². The Labute approximate surface area is 145 Å². The Morgan fingerprint density at radius 1 is 1.08 bits per heavy atom. The summed E-state index contributed by atoms with van der Waals surface area (Å²) in [6, 6.07) is 19.0. The smallest absolute Gasteiger partial charge is 0.229 e. The van der Waals surface area contributed by atoms with Crippen molar-refractivity contribution in [2.75, 3.05) is 6.54 Å². The van der Waals surface area contributed by atoms with Crippen molar-refractivity contribution < 1.29 is 4.79 Å². The normalized spacial score (nSPS) is 22.0. The van der Waals surface area contributed by atoms with E-state index in [-0.39, 0.29) is 11.5 Å². The Bertz CT molecular complexity index is 709. The van der Waals surface area contributed by atoms with E-state index in [9.17, 15) is 4.79 Å². The van der Waals surface area contributed by atoms with Crippen molar-refractivity contribution in [3.63, 3.8) is 0 Å². The molecule has 24 heavy (non-hydrogen) atoms. The van der Waals surface area contributed by atoms with Crippen LogP contribution in [-0.2, 0) is 11.2 Å². The third kappa shape index (κ3) is 2.98. The highest BCUT2D eigenvalue weighted by Gasteiger charge is 2.46. The van der Waals surface area contributed by atoms with Gasteiger partial charge in [0.15, 0.2) is 0 Å². The maximum atomic E-state index is 13.3. The van der Waals surface area contributed by atoms with Gasteiger partial charge < -0.3 is 4.90 Å².